The van der Waals surface area contributed by atoms with Crippen molar-refractivity contribution in [1.29, 1.82) is 0 Å². The highest BCUT2D eigenvalue weighted by Gasteiger charge is 2.05. The molecule has 5 nitrogen and oxygen atoms in total. The van der Waals surface area contributed by atoms with Crippen molar-refractivity contribution in [3.05, 3.63) is 34.3 Å². The van der Waals surface area contributed by atoms with Gasteiger partial charge in [-0.15, -0.1) is 5.10 Å². The van der Waals surface area contributed by atoms with Crippen LogP contribution in [-0.4, -0.2) is 26.1 Å². The molecule has 0 aromatic carbocycles. The number of hydrogen-bond donors (Lipinski definition) is 1. The van der Waals surface area contributed by atoms with Crippen molar-refractivity contribution in [3.63, 3.8) is 0 Å². The first-order valence-electron chi connectivity index (χ1n) is 4.36. The molecule has 0 aliphatic carbocycles. The van der Waals surface area contributed by atoms with Gasteiger partial charge in [-0.3, -0.25) is 4.79 Å². The fourth-order valence-corrected chi connectivity index (χ4v) is 1.88. The first-order valence-corrected chi connectivity index (χ1v) is 5.30. The van der Waals surface area contributed by atoms with Gasteiger partial charge in [0.15, 0.2) is 0 Å². The standard InChI is InChI=1S/C9H9N3O2S/c13-9(14)3-8-5-12(11-10-8)4-7-1-2-15-6-7/h1-2,5-6H,3-4H2,(H,13,14). The number of aliphatic carboxylic acids is 1. The van der Waals surface area contributed by atoms with E-state index in [1.165, 1.54) is 0 Å². The molecule has 78 valence electrons. The molecule has 2 aromatic rings. The van der Waals surface area contributed by atoms with Crippen molar-refractivity contribution in [2.45, 2.75) is 13.0 Å². The van der Waals surface area contributed by atoms with Gasteiger partial charge in [-0.25, -0.2) is 4.68 Å². The molecular weight excluding hydrogens is 214 g/mol. The van der Waals surface area contributed by atoms with Gasteiger partial charge in [-0.1, -0.05) is 5.21 Å². The normalized spacial score (nSPS) is 10.4. The second-order valence-corrected chi connectivity index (χ2v) is 3.89. The summed E-state index contributed by atoms with van der Waals surface area (Å²) in [5.74, 6) is -0.891. The number of carboxylic acids is 1. The van der Waals surface area contributed by atoms with E-state index in [0.29, 0.717) is 12.2 Å². The number of aromatic nitrogens is 3. The van der Waals surface area contributed by atoms with Crippen molar-refractivity contribution >= 4 is 17.3 Å². The third-order valence-electron chi connectivity index (χ3n) is 1.84. The molecule has 0 aliphatic rings. The minimum absolute atomic E-state index is 0.0797. The maximum Gasteiger partial charge on any atom is 0.309 e. The lowest BCUT2D eigenvalue weighted by Gasteiger charge is -1.95. The van der Waals surface area contributed by atoms with Crippen LogP contribution in [0.15, 0.2) is 23.0 Å². The Morgan fingerprint density at radius 3 is 3.13 bits per heavy atom. The van der Waals surface area contributed by atoms with Crippen LogP contribution >= 0.6 is 11.3 Å². The first kappa shape index (κ1) is 9.85. The lowest BCUT2D eigenvalue weighted by Crippen LogP contribution is -2.00. The van der Waals surface area contributed by atoms with Crippen LogP contribution in [0.1, 0.15) is 11.3 Å². The van der Waals surface area contributed by atoms with E-state index >= 15 is 0 Å². The summed E-state index contributed by atoms with van der Waals surface area (Å²) in [5.41, 5.74) is 1.63. The van der Waals surface area contributed by atoms with Crippen LogP contribution in [0.5, 0.6) is 0 Å². The Morgan fingerprint density at radius 1 is 1.60 bits per heavy atom. The highest BCUT2D eigenvalue weighted by atomic mass is 32.1. The fraction of sp³-hybridized carbons (Fsp3) is 0.222. The summed E-state index contributed by atoms with van der Waals surface area (Å²) in [6.45, 7) is 0.635. The summed E-state index contributed by atoms with van der Waals surface area (Å²) in [4.78, 5) is 10.4. The number of hydrogen-bond acceptors (Lipinski definition) is 4. The molecule has 0 bridgehead atoms. The van der Waals surface area contributed by atoms with Gasteiger partial charge in [-0.05, 0) is 22.4 Å². The van der Waals surface area contributed by atoms with Gasteiger partial charge in [0, 0.05) is 6.20 Å². The molecule has 2 heterocycles. The molecule has 0 aliphatic heterocycles. The SMILES string of the molecule is O=C(O)Cc1cn(Cc2ccsc2)nn1. The third kappa shape index (κ3) is 2.63. The molecule has 0 saturated carbocycles. The zero-order valence-corrected chi connectivity index (χ0v) is 8.65. The van der Waals surface area contributed by atoms with E-state index in [0.717, 1.165) is 5.56 Å². The van der Waals surface area contributed by atoms with Crippen LogP contribution in [0.3, 0.4) is 0 Å². The molecule has 2 rings (SSSR count). The third-order valence-corrected chi connectivity index (χ3v) is 2.58. The molecule has 6 heteroatoms. The van der Waals surface area contributed by atoms with Gasteiger partial charge in [0.1, 0.15) is 0 Å². The zero-order chi connectivity index (χ0) is 10.7. The zero-order valence-electron chi connectivity index (χ0n) is 7.83. The maximum atomic E-state index is 10.4. The molecule has 0 saturated heterocycles. The number of carbonyl (C=O) groups is 1. The Labute approximate surface area is 90.0 Å². The van der Waals surface area contributed by atoms with Crippen molar-refractivity contribution in [3.8, 4) is 0 Å². The molecule has 1 N–H and O–H groups in total. The van der Waals surface area contributed by atoms with Crippen LogP contribution in [0.4, 0.5) is 0 Å². The van der Waals surface area contributed by atoms with Gasteiger partial charge in [0.05, 0.1) is 18.7 Å². The van der Waals surface area contributed by atoms with Gasteiger partial charge in [0.25, 0.3) is 0 Å². The summed E-state index contributed by atoms with van der Waals surface area (Å²) in [7, 11) is 0. The molecule has 2 aromatic heterocycles. The minimum atomic E-state index is -0.891. The monoisotopic (exact) mass is 223 g/mol. The molecule has 0 radical (unpaired) electrons. The van der Waals surface area contributed by atoms with E-state index < -0.39 is 5.97 Å². The average molecular weight is 223 g/mol. The molecule has 0 atom stereocenters. The predicted octanol–water partition coefficient (Wildman–Crippen LogP) is 1.02. The Morgan fingerprint density at radius 2 is 2.47 bits per heavy atom. The van der Waals surface area contributed by atoms with Gasteiger partial charge < -0.3 is 5.11 Å². The maximum absolute atomic E-state index is 10.4. The molecule has 0 unspecified atom stereocenters. The number of nitrogens with zero attached hydrogens (tertiary/aromatic N) is 3. The van der Waals surface area contributed by atoms with Gasteiger partial charge in [0.2, 0.25) is 0 Å². The van der Waals surface area contributed by atoms with E-state index in [1.54, 1.807) is 22.2 Å². The van der Waals surface area contributed by atoms with Crippen molar-refractivity contribution in [2.75, 3.05) is 0 Å². The minimum Gasteiger partial charge on any atom is -0.481 e. The summed E-state index contributed by atoms with van der Waals surface area (Å²) >= 11 is 1.62. The second-order valence-electron chi connectivity index (χ2n) is 3.11. The second kappa shape index (κ2) is 4.22. The van der Waals surface area contributed by atoms with Crippen molar-refractivity contribution in [1.82, 2.24) is 15.0 Å². The highest BCUT2D eigenvalue weighted by Crippen LogP contribution is 2.07. The van der Waals surface area contributed by atoms with Crippen LogP contribution in [0, 0.1) is 0 Å². The van der Waals surface area contributed by atoms with Crippen molar-refractivity contribution in [2.24, 2.45) is 0 Å². The van der Waals surface area contributed by atoms with E-state index in [1.807, 2.05) is 16.8 Å². The Bertz CT molecular complexity index is 450. The fourth-order valence-electron chi connectivity index (χ4n) is 1.22. The predicted molar refractivity (Wildman–Crippen MR) is 54.8 cm³/mol. The lowest BCUT2D eigenvalue weighted by atomic mass is 10.3. The topological polar surface area (TPSA) is 68.0 Å². The molecule has 0 fully saturated rings. The van der Waals surface area contributed by atoms with Gasteiger partial charge >= 0.3 is 5.97 Å². The smallest absolute Gasteiger partial charge is 0.309 e. The Hall–Kier alpha value is -1.69. The Kier molecular flexibility index (Phi) is 2.77. The average Bonchev–Trinajstić information content (AvgIpc) is 2.77. The summed E-state index contributed by atoms with van der Waals surface area (Å²) < 4.78 is 1.64. The molecule has 0 amide bonds. The van der Waals surface area contributed by atoms with E-state index in [-0.39, 0.29) is 6.42 Å². The number of carboxylic acid groups (broad SMARTS) is 1. The molecular formula is C9H9N3O2S. The first-order chi connectivity index (χ1) is 7.24. The van der Waals surface area contributed by atoms with Crippen LogP contribution in [-0.2, 0) is 17.8 Å². The molecule has 0 spiro atoms. The number of thiophene rings is 1. The van der Waals surface area contributed by atoms with Crippen LogP contribution in [0.2, 0.25) is 0 Å². The van der Waals surface area contributed by atoms with Gasteiger partial charge in [-0.2, -0.15) is 11.3 Å². The van der Waals surface area contributed by atoms with Crippen molar-refractivity contribution < 1.29 is 9.90 Å². The van der Waals surface area contributed by atoms with E-state index in [4.69, 9.17) is 5.11 Å². The summed E-state index contributed by atoms with van der Waals surface area (Å²) in [5, 5.41) is 20.2. The van der Waals surface area contributed by atoms with E-state index in [9.17, 15) is 4.79 Å². The lowest BCUT2D eigenvalue weighted by molar-refractivity contribution is -0.136. The van der Waals surface area contributed by atoms with E-state index in [2.05, 4.69) is 10.3 Å². The highest BCUT2D eigenvalue weighted by molar-refractivity contribution is 7.07. The summed E-state index contributed by atoms with van der Waals surface area (Å²) in [6, 6.07) is 2.00. The quantitative estimate of drug-likeness (QED) is 0.840. The van der Waals surface area contributed by atoms with Crippen LogP contribution < -0.4 is 0 Å². The van der Waals surface area contributed by atoms with Crippen LogP contribution in [0.25, 0.3) is 0 Å². The molecule has 15 heavy (non-hydrogen) atoms. The largest absolute Gasteiger partial charge is 0.481 e. The number of rotatable bonds is 4. The Balaban J connectivity index is 2.04. The summed E-state index contributed by atoms with van der Waals surface area (Å²) in [6.07, 6.45) is 1.58.